The first-order chi connectivity index (χ1) is 9.38. The number of aromatic amines is 1. The molecule has 0 saturated heterocycles. The topological polar surface area (TPSA) is 36.9 Å². The molecule has 20 heavy (non-hydrogen) atoms. The highest BCUT2D eigenvalue weighted by molar-refractivity contribution is 7.71. The normalized spacial score (nSPS) is 13.6. The largest absolute Gasteiger partial charge is 0.329 e. The number of pyridine rings is 1. The number of nitrogens with one attached hydrogen (secondary N) is 1. The van der Waals surface area contributed by atoms with Crippen LogP contribution in [0.2, 0.25) is 0 Å². The van der Waals surface area contributed by atoms with Crippen molar-refractivity contribution < 1.29 is 0 Å². The van der Waals surface area contributed by atoms with Crippen molar-refractivity contribution in [2.45, 2.75) is 33.2 Å². The third-order valence-electron chi connectivity index (χ3n) is 3.39. The zero-order valence-electron chi connectivity index (χ0n) is 13.0. The smallest absolute Gasteiger partial charge is 0.179 e. The van der Waals surface area contributed by atoms with Crippen molar-refractivity contribution in [2.75, 3.05) is 20.6 Å². The summed E-state index contributed by atoms with van der Waals surface area (Å²) in [7, 11) is 4.20. The second-order valence-corrected chi connectivity index (χ2v) is 6.56. The molecule has 0 fully saturated rings. The zero-order valence-corrected chi connectivity index (χ0v) is 13.8. The van der Waals surface area contributed by atoms with E-state index < -0.39 is 0 Å². The molecule has 0 spiro atoms. The van der Waals surface area contributed by atoms with E-state index in [1.807, 2.05) is 13.0 Å². The minimum atomic E-state index is 0.348. The molecule has 1 unspecified atom stereocenters. The van der Waals surface area contributed by atoms with Gasteiger partial charge in [0, 0.05) is 12.2 Å². The summed E-state index contributed by atoms with van der Waals surface area (Å²) in [6.45, 7) is 7.48. The van der Waals surface area contributed by atoms with Gasteiger partial charge in [-0.2, -0.15) is 0 Å². The number of rotatable bonds is 5. The lowest BCUT2D eigenvalue weighted by Crippen LogP contribution is -2.26. The quantitative estimate of drug-likeness (QED) is 0.856. The molecular weight excluding hydrogens is 268 g/mol. The van der Waals surface area contributed by atoms with Gasteiger partial charge in [0.05, 0.1) is 11.6 Å². The number of H-pyrrole nitrogens is 1. The molecule has 1 N–H and O–H groups in total. The average molecular weight is 292 g/mol. The summed E-state index contributed by atoms with van der Waals surface area (Å²) >= 11 is 5.53. The standard InChI is InChI=1S/C15H24N4S/c1-10(2)8-12(9-18(4)5)19-14-13(17-15(19)20)7-6-11(3)16-14/h6-7,10,12H,8-9H2,1-5H3,(H,17,20). The summed E-state index contributed by atoms with van der Waals surface area (Å²) in [5, 5.41) is 0. The second kappa shape index (κ2) is 6.06. The molecule has 0 aromatic carbocycles. The molecule has 4 nitrogen and oxygen atoms in total. The molecule has 0 saturated carbocycles. The van der Waals surface area contributed by atoms with Crippen LogP contribution >= 0.6 is 12.2 Å². The van der Waals surface area contributed by atoms with E-state index in [0.29, 0.717) is 12.0 Å². The molecule has 2 rings (SSSR count). The first kappa shape index (κ1) is 15.2. The van der Waals surface area contributed by atoms with Crippen molar-refractivity contribution >= 4 is 23.4 Å². The molecule has 0 radical (unpaired) electrons. The molecule has 0 bridgehead atoms. The highest BCUT2D eigenvalue weighted by atomic mass is 32.1. The fourth-order valence-electron chi connectivity index (χ4n) is 2.66. The number of likely N-dealkylation sites (N-methyl/N-ethyl adjacent to an activating group) is 1. The van der Waals surface area contributed by atoms with Crippen molar-refractivity contribution in [1.29, 1.82) is 0 Å². The van der Waals surface area contributed by atoms with Crippen molar-refractivity contribution in [3.05, 3.63) is 22.6 Å². The third-order valence-corrected chi connectivity index (χ3v) is 3.69. The summed E-state index contributed by atoms with van der Waals surface area (Å²) in [5.74, 6) is 0.622. The molecular formula is C15H24N4S. The Bertz CT molecular complexity index is 629. The summed E-state index contributed by atoms with van der Waals surface area (Å²) in [6.07, 6.45) is 1.09. The Kier molecular flexibility index (Phi) is 4.60. The maximum absolute atomic E-state index is 5.53. The van der Waals surface area contributed by atoms with E-state index in [2.05, 4.69) is 53.4 Å². The second-order valence-electron chi connectivity index (χ2n) is 6.17. The molecule has 5 heteroatoms. The molecule has 2 aromatic rings. The lowest BCUT2D eigenvalue weighted by Gasteiger charge is -2.24. The van der Waals surface area contributed by atoms with Gasteiger partial charge in [0.15, 0.2) is 10.4 Å². The van der Waals surface area contributed by atoms with Crippen LogP contribution in [0.15, 0.2) is 12.1 Å². The molecule has 110 valence electrons. The monoisotopic (exact) mass is 292 g/mol. The van der Waals surface area contributed by atoms with Crippen LogP contribution in [0.25, 0.3) is 11.2 Å². The first-order valence-corrected chi connectivity index (χ1v) is 7.52. The van der Waals surface area contributed by atoms with E-state index in [0.717, 1.165) is 34.6 Å². The highest BCUT2D eigenvalue weighted by Gasteiger charge is 2.18. The minimum Gasteiger partial charge on any atom is -0.329 e. The van der Waals surface area contributed by atoms with E-state index in [1.54, 1.807) is 0 Å². The lowest BCUT2D eigenvalue weighted by atomic mass is 10.0. The van der Waals surface area contributed by atoms with E-state index in [4.69, 9.17) is 12.2 Å². The van der Waals surface area contributed by atoms with E-state index in [1.165, 1.54) is 0 Å². The number of nitrogens with zero attached hydrogens (tertiary/aromatic N) is 3. The number of hydrogen-bond acceptors (Lipinski definition) is 3. The number of fused-ring (bicyclic) bond motifs is 1. The van der Waals surface area contributed by atoms with E-state index in [-0.39, 0.29) is 0 Å². The highest BCUT2D eigenvalue weighted by Crippen LogP contribution is 2.24. The van der Waals surface area contributed by atoms with Gasteiger partial charge < -0.3 is 9.88 Å². The lowest BCUT2D eigenvalue weighted by molar-refractivity contribution is 0.290. The summed E-state index contributed by atoms with van der Waals surface area (Å²) in [6, 6.07) is 4.42. The van der Waals surface area contributed by atoms with Gasteiger partial charge in [-0.1, -0.05) is 13.8 Å². The van der Waals surface area contributed by atoms with Gasteiger partial charge in [-0.15, -0.1) is 0 Å². The van der Waals surface area contributed by atoms with Gasteiger partial charge in [-0.25, -0.2) is 4.98 Å². The summed E-state index contributed by atoms with van der Waals surface area (Å²) in [5.41, 5.74) is 3.02. The van der Waals surface area contributed by atoms with Gasteiger partial charge >= 0.3 is 0 Å². The Morgan fingerprint density at radius 2 is 2.05 bits per heavy atom. The molecule has 1 atom stereocenters. The zero-order chi connectivity index (χ0) is 14.9. The Labute approximate surface area is 125 Å². The van der Waals surface area contributed by atoms with Crippen LogP contribution in [0, 0.1) is 17.6 Å². The molecule has 0 aliphatic carbocycles. The third kappa shape index (κ3) is 3.27. The number of aryl methyl sites for hydroxylation is 1. The molecule has 2 heterocycles. The van der Waals surface area contributed by atoms with Crippen LogP contribution in [-0.2, 0) is 0 Å². The SMILES string of the molecule is Cc1ccc2[nH]c(=S)n(C(CC(C)C)CN(C)C)c2n1. The van der Waals surface area contributed by atoms with Gasteiger partial charge in [0.1, 0.15) is 0 Å². The summed E-state index contributed by atoms with van der Waals surface area (Å²) < 4.78 is 2.96. The van der Waals surface area contributed by atoms with Gasteiger partial charge in [-0.05, 0) is 57.7 Å². The maximum atomic E-state index is 5.53. The summed E-state index contributed by atoms with van der Waals surface area (Å²) in [4.78, 5) is 10.2. The Morgan fingerprint density at radius 1 is 1.35 bits per heavy atom. The van der Waals surface area contributed by atoms with Crippen molar-refractivity contribution in [3.63, 3.8) is 0 Å². The van der Waals surface area contributed by atoms with Crippen LogP contribution in [0.5, 0.6) is 0 Å². The van der Waals surface area contributed by atoms with Crippen molar-refractivity contribution in [2.24, 2.45) is 5.92 Å². The Morgan fingerprint density at radius 3 is 2.65 bits per heavy atom. The van der Waals surface area contributed by atoms with Crippen molar-refractivity contribution in [1.82, 2.24) is 19.4 Å². The minimum absolute atomic E-state index is 0.348. The van der Waals surface area contributed by atoms with Gasteiger partial charge in [0.2, 0.25) is 0 Å². The first-order valence-electron chi connectivity index (χ1n) is 7.11. The maximum Gasteiger partial charge on any atom is 0.179 e. The van der Waals surface area contributed by atoms with Crippen LogP contribution in [0.3, 0.4) is 0 Å². The predicted octanol–water partition coefficient (Wildman–Crippen LogP) is 3.55. The van der Waals surface area contributed by atoms with Crippen LogP contribution in [0.4, 0.5) is 0 Å². The Hall–Kier alpha value is -1.20. The number of imidazole rings is 1. The fraction of sp³-hybridized carbons (Fsp3) is 0.600. The van der Waals surface area contributed by atoms with Crippen LogP contribution < -0.4 is 0 Å². The Balaban J connectivity index is 2.53. The van der Waals surface area contributed by atoms with Crippen LogP contribution in [0.1, 0.15) is 32.0 Å². The van der Waals surface area contributed by atoms with Gasteiger partial charge in [-0.3, -0.25) is 4.57 Å². The fourth-order valence-corrected chi connectivity index (χ4v) is 3.01. The van der Waals surface area contributed by atoms with Crippen molar-refractivity contribution in [3.8, 4) is 0 Å². The number of hydrogen-bond donors (Lipinski definition) is 1. The van der Waals surface area contributed by atoms with Crippen LogP contribution in [-0.4, -0.2) is 40.1 Å². The van der Waals surface area contributed by atoms with E-state index in [9.17, 15) is 0 Å². The molecule has 0 aliphatic rings. The molecule has 0 aliphatic heterocycles. The van der Waals surface area contributed by atoms with E-state index >= 15 is 0 Å². The predicted molar refractivity (Wildman–Crippen MR) is 86.7 cm³/mol. The number of aromatic nitrogens is 3. The molecule has 0 amide bonds. The average Bonchev–Trinajstić information content (AvgIpc) is 2.62. The molecule has 2 aromatic heterocycles. The van der Waals surface area contributed by atoms with Gasteiger partial charge in [0.25, 0.3) is 0 Å².